The molecule has 7 nitrogen and oxygen atoms in total. The van der Waals surface area contributed by atoms with Gasteiger partial charge in [-0.15, -0.1) is 0 Å². The molecule has 3 rings (SSSR count). The molecule has 2 fully saturated rings. The van der Waals surface area contributed by atoms with Crippen LogP contribution in [0.3, 0.4) is 0 Å². The smallest absolute Gasteiger partial charge is 0.189 e. The van der Waals surface area contributed by atoms with Crippen LogP contribution in [0.2, 0.25) is 0 Å². The molecule has 144 valence electrons. The van der Waals surface area contributed by atoms with Crippen molar-refractivity contribution in [1.82, 2.24) is 0 Å². The van der Waals surface area contributed by atoms with Crippen molar-refractivity contribution in [3.63, 3.8) is 0 Å². The fourth-order valence-corrected chi connectivity index (χ4v) is 3.14. The lowest BCUT2D eigenvalue weighted by Gasteiger charge is -2.40. The molecular weight excluding hydrogens is 338 g/mol. The minimum Gasteiger partial charge on any atom is -0.497 e. The number of Topliss-reactive ketones (excluding diaryl/α,β-unsaturated/α-hetero) is 1. The van der Waals surface area contributed by atoms with Gasteiger partial charge in [0.25, 0.3) is 0 Å². The highest BCUT2D eigenvalue weighted by atomic mass is 16.7. The number of hydrogen-bond donors (Lipinski definition) is 1. The third kappa shape index (κ3) is 4.35. The van der Waals surface area contributed by atoms with E-state index < -0.39 is 23.7 Å². The first kappa shape index (κ1) is 19.1. The Kier molecular flexibility index (Phi) is 5.25. The Morgan fingerprint density at radius 1 is 1.08 bits per heavy atom. The zero-order chi connectivity index (χ0) is 18.9. The predicted molar refractivity (Wildman–Crippen MR) is 95.2 cm³/mol. The number of carbonyl (C=O) groups is 1. The molecular formula is C19H27NO6. The molecule has 0 spiro atoms. The van der Waals surface area contributed by atoms with Gasteiger partial charge in [0, 0.05) is 5.69 Å². The number of hydrogen-bond acceptors (Lipinski definition) is 7. The predicted octanol–water partition coefficient (Wildman–Crippen LogP) is 2.35. The molecule has 0 bridgehead atoms. The monoisotopic (exact) mass is 365 g/mol. The molecule has 1 N–H and O–H groups in total. The number of nitrogens with one attached hydrogen (secondary N) is 1. The molecule has 26 heavy (non-hydrogen) atoms. The van der Waals surface area contributed by atoms with Crippen molar-refractivity contribution in [2.24, 2.45) is 0 Å². The maximum Gasteiger partial charge on any atom is 0.189 e. The standard InChI is InChI=1S/C19H27NO6/c1-18(2)24-11-15(25-18)16(17-14(21)10-23-19(3,4)26-17)20-12-6-8-13(22-5)9-7-12/h6-9,15-17,20H,10-11H2,1-5H3/t15-,16+,17+/m1/s1. The Balaban J connectivity index is 1.84. The van der Waals surface area contributed by atoms with Crippen molar-refractivity contribution in [1.29, 1.82) is 0 Å². The van der Waals surface area contributed by atoms with E-state index >= 15 is 0 Å². The third-order valence-corrected chi connectivity index (χ3v) is 4.47. The van der Waals surface area contributed by atoms with Gasteiger partial charge in [0.15, 0.2) is 17.4 Å². The van der Waals surface area contributed by atoms with Crippen molar-refractivity contribution < 1.29 is 28.5 Å². The third-order valence-electron chi connectivity index (χ3n) is 4.47. The van der Waals surface area contributed by atoms with E-state index in [0.29, 0.717) is 6.61 Å². The highest BCUT2D eigenvalue weighted by Gasteiger charge is 2.47. The molecule has 3 atom stereocenters. The van der Waals surface area contributed by atoms with Crippen LogP contribution in [-0.2, 0) is 23.7 Å². The van der Waals surface area contributed by atoms with Gasteiger partial charge in [0.05, 0.1) is 19.8 Å². The minimum absolute atomic E-state index is 0.00935. The Morgan fingerprint density at radius 2 is 1.73 bits per heavy atom. The zero-order valence-electron chi connectivity index (χ0n) is 15.9. The quantitative estimate of drug-likeness (QED) is 0.858. The second-order valence-corrected chi connectivity index (χ2v) is 7.46. The normalized spacial score (nSPS) is 28.6. The van der Waals surface area contributed by atoms with Crippen LogP contribution in [0.1, 0.15) is 27.7 Å². The molecule has 2 saturated heterocycles. The van der Waals surface area contributed by atoms with E-state index in [-0.39, 0.29) is 18.5 Å². The van der Waals surface area contributed by atoms with Crippen LogP contribution in [0.4, 0.5) is 5.69 Å². The van der Waals surface area contributed by atoms with E-state index in [1.165, 1.54) is 0 Å². The van der Waals surface area contributed by atoms with Crippen molar-refractivity contribution in [2.75, 3.05) is 25.6 Å². The number of ether oxygens (including phenoxy) is 5. The van der Waals surface area contributed by atoms with Gasteiger partial charge in [-0.1, -0.05) is 0 Å². The molecule has 0 radical (unpaired) electrons. The molecule has 2 heterocycles. The number of ketones is 1. The van der Waals surface area contributed by atoms with E-state index in [4.69, 9.17) is 23.7 Å². The van der Waals surface area contributed by atoms with Crippen LogP contribution in [0.15, 0.2) is 24.3 Å². The van der Waals surface area contributed by atoms with Gasteiger partial charge in [0.1, 0.15) is 24.6 Å². The van der Waals surface area contributed by atoms with E-state index in [1.54, 1.807) is 21.0 Å². The van der Waals surface area contributed by atoms with Gasteiger partial charge >= 0.3 is 0 Å². The minimum atomic E-state index is -0.840. The fraction of sp³-hybridized carbons (Fsp3) is 0.632. The van der Waals surface area contributed by atoms with Crippen molar-refractivity contribution in [3.8, 4) is 5.75 Å². The first-order valence-electron chi connectivity index (χ1n) is 8.76. The summed E-state index contributed by atoms with van der Waals surface area (Å²) >= 11 is 0. The van der Waals surface area contributed by atoms with E-state index in [2.05, 4.69) is 5.32 Å². The molecule has 0 saturated carbocycles. The second kappa shape index (κ2) is 7.15. The number of carbonyl (C=O) groups excluding carboxylic acids is 1. The summed E-state index contributed by atoms with van der Waals surface area (Å²) < 4.78 is 28.3. The molecule has 2 aliphatic rings. The summed E-state index contributed by atoms with van der Waals surface area (Å²) in [6.07, 6.45) is -1.04. The van der Waals surface area contributed by atoms with Gasteiger partial charge in [-0.25, -0.2) is 0 Å². The summed E-state index contributed by atoms with van der Waals surface area (Å²) in [7, 11) is 1.62. The van der Waals surface area contributed by atoms with Crippen molar-refractivity contribution in [3.05, 3.63) is 24.3 Å². The number of methoxy groups -OCH3 is 1. The summed E-state index contributed by atoms with van der Waals surface area (Å²) in [6.45, 7) is 7.69. The lowest BCUT2D eigenvalue weighted by molar-refractivity contribution is -0.263. The van der Waals surface area contributed by atoms with Crippen molar-refractivity contribution in [2.45, 2.75) is 57.5 Å². The van der Waals surface area contributed by atoms with Crippen LogP contribution in [0, 0.1) is 0 Å². The molecule has 2 aliphatic heterocycles. The Morgan fingerprint density at radius 3 is 2.31 bits per heavy atom. The maximum atomic E-state index is 12.5. The van der Waals surface area contributed by atoms with Gasteiger partial charge in [0.2, 0.25) is 0 Å². The highest BCUT2D eigenvalue weighted by molar-refractivity contribution is 5.86. The summed E-state index contributed by atoms with van der Waals surface area (Å²) in [4.78, 5) is 12.5. The van der Waals surface area contributed by atoms with E-state index in [0.717, 1.165) is 11.4 Å². The fourth-order valence-electron chi connectivity index (χ4n) is 3.14. The van der Waals surface area contributed by atoms with Gasteiger partial charge in [-0.2, -0.15) is 0 Å². The molecule has 1 aromatic rings. The number of anilines is 1. The Bertz CT molecular complexity index is 642. The average Bonchev–Trinajstić information content (AvgIpc) is 2.95. The van der Waals surface area contributed by atoms with Crippen LogP contribution < -0.4 is 10.1 Å². The molecule has 0 aromatic heterocycles. The zero-order valence-corrected chi connectivity index (χ0v) is 15.9. The summed E-state index contributed by atoms with van der Waals surface area (Å²) in [6, 6.07) is 7.07. The van der Waals surface area contributed by atoms with Crippen molar-refractivity contribution >= 4 is 11.5 Å². The molecule has 0 amide bonds. The average molecular weight is 365 g/mol. The summed E-state index contributed by atoms with van der Waals surface area (Å²) in [5.74, 6) is -0.904. The highest BCUT2D eigenvalue weighted by Crippen LogP contribution is 2.31. The topological polar surface area (TPSA) is 75.2 Å². The molecule has 1 aromatic carbocycles. The molecule has 7 heteroatoms. The maximum absolute atomic E-state index is 12.5. The Hall–Kier alpha value is -1.67. The Labute approximate surface area is 153 Å². The van der Waals surface area contributed by atoms with Crippen LogP contribution >= 0.6 is 0 Å². The number of rotatable bonds is 5. The van der Waals surface area contributed by atoms with Gasteiger partial charge in [-0.05, 0) is 52.0 Å². The summed E-state index contributed by atoms with van der Waals surface area (Å²) in [5.41, 5.74) is 0.838. The van der Waals surface area contributed by atoms with Gasteiger partial charge in [-0.3, -0.25) is 4.79 Å². The first-order chi connectivity index (χ1) is 12.2. The van der Waals surface area contributed by atoms with Gasteiger partial charge < -0.3 is 29.0 Å². The largest absolute Gasteiger partial charge is 0.497 e. The lowest BCUT2D eigenvalue weighted by Crippen LogP contribution is -2.57. The molecule has 0 unspecified atom stereocenters. The van der Waals surface area contributed by atoms with E-state index in [9.17, 15) is 4.79 Å². The van der Waals surface area contributed by atoms with Crippen LogP contribution in [0.5, 0.6) is 5.75 Å². The lowest BCUT2D eigenvalue weighted by atomic mass is 9.99. The number of benzene rings is 1. The van der Waals surface area contributed by atoms with Crippen LogP contribution in [-0.4, -0.2) is 55.9 Å². The second-order valence-electron chi connectivity index (χ2n) is 7.46. The van der Waals surface area contributed by atoms with Crippen LogP contribution in [0.25, 0.3) is 0 Å². The molecule has 0 aliphatic carbocycles. The first-order valence-corrected chi connectivity index (χ1v) is 8.76. The SMILES string of the molecule is COc1ccc(N[C@@H]([C@H]2COC(C)(C)O2)[C@H]2OC(C)(C)OCC2=O)cc1. The summed E-state index contributed by atoms with van der Waals surface area (Å²) in [5, 5.41) is 3.39. The van der Waals surface area contributed by atoms with E-state index in [1.807, 2.05) is 38.1 Å².